The van der Waals surface area contributed by atoms with Gasteiger partial charge in [-0.05, 0) is 106 Å². The largest absolute Gasteiger partial charge is 0.454 e. The van der Waals surface area contributed by atoms with Crippen LogP contribution in [0.4, 0.5) is 17.1 Å². The van der Waals surface area contributed by atoms with Crippen LogP contribution in [-0.2, 0) is 5.41 Å². The van der Waals surface area contributed by atoms with Crippen molar-refractivity contribution in [2.75, 3.05) is 4.90 Å². The number of furan rings is 1. The number of hydrogen-bond acceptors (Lipinski definition) is 3. The van der Waals surface area contributed by atoms with Crippen molar-refractivity contribution in [2.24, 2.45) is 0 Å². The number of aryl methyl sites for hydroxylation is 1. The lowest BCUT2D eigenvalue weighted by Gasteiger charge is -2.35. The maximum absolute atomic E-state index is 7.27. The zero-order valence-electron chi connectivity index (χ0n) is 34.5. The minimum Gasteiger partial charge on any atom is -0.454 e. The SMILES string of the molecule is Cc1ccc(N(c2cc3c(c4c2oc2ccccc24)-c2c(ccc4ccccc24)C3(c2ccccc2)c2ccccc2)c2cccc3c2c2ccccc2n3-c2ccccc2)cn1. The molecule has 0 aliphatic heterocycles. The van der Waals surface area contributed by atoms with E-state index in [1.54, 1.807) is 0 Å². The molecule has 1 aliphatic rings. The molecule has 4 nitrogen and oxygen atoms in total. The first-order valence-electron chi connectivity index (χ1n) is 21.6. The summed E-state index contributed by atoms with van der Waals surface area (Å²) in [4.78, 5) is 7.36. The molecule has 4 heteroatoms. The lowest BCUT2D eigenvalue weighted by molar-refractivity contribution is 0.668. The summed E-state index contributed by atoms with van der Waals surface area (Å²) in [6, 6.07) is 77.1. The van der Waals surface area contributed by atoms with Gasteiger partial charge in [-0.15, -0.1) is 0 Å². The fraction of sp³-hybridized carbons (Fsp3) is 0.0339. The van der Waals surface area contributed by atoms with E-state index >= 15 is 0 Å². The number of anilines is 3. The predicted octanol–water partition coefficient (Wildman–Crippen LogP) is 15.4. The number of para-hydroxylation sites is 3. The van der Waals surface area contributed by atoms with Gasteiger partial charge in [0.25, 0.3) is 0 Å². The van der Waals surface area contributed by atoms with Gasteiger partial charge in [-0.2, -0.15) is 0 Å². The zero-order valence-corrected chi connectivity index (χ0v) is 34.5. The average Bonchev–Trinajstić information content (AvgIpc) is 4.00. The first-order valence-corrected chi connectivity index (χ1v) is 21.6. The number of benzene rings is 9. The Bertz CT molecular complexity index is 3700. The number of aromatic nitrogens is 2. The van der Waals surface area contributed by atoms with Gasteiger partial charge in [-0.3, -0.25) is 4.98 Å². The fourth-order valence-corrected chi connectivity index (χ4v) is 10.8. The maximum Gasteiger partial charge on any atom is 0.160 e. The first kappa shape index (κ1) is 35.5. The van der Waals surface area contributed by atoms with Crippen LogP contribution in [0.1, 0.15) is 27.9 Å². The van der Waals surface area contributed by atoms with Crippen molar-refractivity contribution in [3.63, 3.8) is 0 Å². The van der Waals surface area contributed by atoms with Crippen molar-refractivity contribution in [1.29, 1.82) is 0 Å². The van der Waals surface area contributed by atoms with Gasteiger partial charge in [0, 0.05) is 32.9 Å². The molecule has 3 heterocycles. The maximum atomic E-state index is 7.27. The molecule has 0 spiro atoms. The molecule has 0 saturated carbocycles. The van der Waals surface area contributed by atoms with E-state index in [1.165, 1.54) is 49.5 Å². The van der Waals surface area contributed by atoms with Crippen molar-refractivity contribution >= 4 is 71.6 Å². The summed E-state index contributed by atoms with van der Waals surface area (Å²) >= 11 is 0. The molecule has 63 heavy (non-hydrogen) atoms. The molecule has 0 N–H and O–H groups in total. The minimum atomic E-state index is -0.676. The number of nitrogens with zero attached hydrogens (tertiary/aromatic N) is 3. The van der Waals surface area contributed by atoms with Gasteiger partial charge in [-0.1, -0.05) is 158 Å². The van der Waals surface area contributed by atoms with E-state index in [4.69, 9.17) is 9.40 Å². The van der Waals surface area contributed by atoms with Crippen LogP contribution in [-0.4, -0.2) is 9.55 Å². The third-order valence-electron chi connectivity index (χ3n) is 13.4. The second-order valence-corrected chi connectivity index (χ2v) is 16.7. The van der Waals surface area contributed by atoms with Gasteiger partial charge in [-0.25, -0.2) is 0 Å². The molecule has 0 unspecified atom stereocenters. The molecule has 9 aromatic carbocycles. The highest BCUT2D eigenvalue weighted by Crippen LogP contribution is 2.62. The third kappa shape index (κ3) is 5.00. The zero-order chi connectivity index (χ0) is 41.6. The second-order valence-electron chi connectivity index (χ2n) is 16.7. The highest BCUT2D eigenvalue weighted by molar-refractivity contribution is 6.24. The monoisotopic (exact) mass is 805 g/mol. The van der Waals surface area contributed by atoms with Crippen LogP contribution in [0.25, 0.3) is 71.3 Å². The van der Waals surface area contributed by atoms with E-state index in [-0.39, 0.29) is 0 Å². The molecular weight excluding hydrogens is 767 g/mol. The smallest absolute Gasteiger partial charge is 0.160 e. The molecule has 0 radical (unpaired) electrons. The summed E-state index contributed by atoms with van der Waals surface area (Å²) in [6.07, 6.45) is 2.01. The van der Waals surface area contributed by atoms with E-state index in [0.29, 0.717) is 0 Å². The molecule has 0 bridgehead atoms. The molecule has 13 rings (SSSR count). The van der Waals surface area contributed by atoms with Crippen LogP contribution in [0, 0.1) is 6.92 Å². The summed E-state index contributed by atoms with van der Waals surface area (Å²) in [5.74, 6) is 0. The Morgan fingerprint density at radius 3 is 1.89 bits per heavy atom. The Morgan fingerprint density at radius 2 is 1.14 bits per heavy atom. The van der Waals surface area contributed by atoms with Gasteiger partial charge in [0.05, 0.1) is 39.7 Å². The Kier molecular flexibility index (Phi) is 7.70. The van der Waals surface area contributed by atoms with Crippen LogP contribution in [0.5, 0.6) is 0 Å². The number of hydrogen-bond donors (Lipinski definition) is 0. The Labute approximate surface area is 364 Å². The van der Waals surface area contributed by atoms with E-state index < -0.39 is 5.41 Å². The lowest BCUT2D eigenvalue weighted by atomic mass is 9.67. The molecule has 296 valence electrons. The van der Waals surface area contributed by atoms with E-state index in [0.717, 1.165) is 66.8 Å². The molecule has 0 saturated heterocycles. The third-order valence-corrected chi connectivity index (χ3v) is 13.4. The van der Waals surface area contributed by atoms with Crippen LogP contribution < -0.4 is 4.90 Å². The Morgan fingerprint density at radius 1 is 0.492 bits per heavy atom. The Hall–Kier alpha value is -8.21. The summed E-state index contributed by atoms with van der Waals surface area (Å²) in [5.41, 5.74) is 15.6. The summed E-state index contributed by atoms with van der Waals surface area (Å²) in [7, 11) is 0. The fourth-order valence-electron chi connectivity index (χ4n) is 10.8. The van der Waals surface area contributed by atoms with Crippen LogP contribution >= 0.6 is 0 Å². The Balaban J connectivity index is 1.24. The molecule has 0 amide bonds. The topological polar surface area (TPSA) is 34.2 Å². The second kappa shape index (κ2) is 13.7. The summed E-state index contributed by atoms with van der Waals surface area (Å²) in [6.45, 7) is 2.05. The van der Waals surface area contributed by atoms with Gasteiger partial charge in [0.2, 0.25) is 0 Å². The average molecular weight is 806 g/mol. The minimum absolute atomic E-state index is 0.676. The normalized spacial score (nSPS) is 13.0. The van der Waals surface area contributed by atoms with Gasteiger partial charge >= 0.3 is 0 Å². The molecule has 12 aromatic rings. The highest BCUT2D eigenvalue weighted by atomic mass is 16.3. The highest BCUT2D eigenvalue weighted by Gasteiger charge is 2.49. The first-order chi connectivity index (χ1) is 31.2. The molecule has 0 fully saturated rings. The molecule has 3 aromatic heterocycles. The van der Waals surface area contributed by atoms with E-state index in [2.05, 4.69) is 222 Å². The van der Waals surface area contributed by atoms with E-state index in [9.17, 15) is 0 Å². The van der Waals surface area contributed by atoms with E-state index in [1.807, 2.05) is 13.1 Å². The van der Waals surface area contributed by atoms with Gasteiger partial charge < -0.3 is 13.9 Å². The predicted molar refractivity (Wildman–Crippen MR) is 260 cm³/mol. The van der Waals surface area contributed by atoms with Crippen LogP contribution in [0.3, 0.4) is 0 Å². The quantitative estimate of drug-likeness (QED) is 0.168. The van der Waals surface area contributed by atoms with Crippen molar-refractivity contribution in [2.45, 2.75) is 12.3 Å². The number of fused-ring (bicyclic) bond motifs is 12. The van der Waals surface area contributed by atoms with Crippen LogP contribution in [0.15, 0.2) is 223 Å². The molecule has 0 atom stereocenters. The van der Waals surface area contributed by atoms with Gasteiger partial charge in [0.1, 0.15) is 5.58 Å². The standard InChI is InChI=1S/C59H39N3O/c1-38-32-34-43(37-60-38)62(51-30-17-29-50-55(51)45-26-13-15-28-49(45)61(50)42-23-9-4-10-24-42)52-36-48-57(56-46-27-14-16-31-53(46)63-58(52)56)54-44-25-12-11-18-39(44)33-35-47(54)59(48,40-19-5-2-6-20-40)41-21-7-3-8-22-41/h2-37H,1H3. The van der Waals surface area contributed by atoms with Crippen LogP contribution in [0.2, 0.25) is 0 Å². The number of rotatable bonds is 6. The molecule has 1 aliphatic carbocycles. The summed E-state index contributed by atoms with van der Waals surface area (Å²) < 4.78 is 9.66. The van der Waals surface area contributed by atoms with Crippen molar-refractivity contribution in [3.05, 3.63) is 246 Å². The van der Waals surface area contributed by atoms with Crippen molar-refractivity contribution in [1.82, 2.24) is 9.55 Å². The van der Waals surface area contributed by atoms with Gasteiger partial charge in [0.15, 0.2) is 5.58 Å². The molecular formula is C59H39N3O. The lowest BCUT2D eigenvalue weighted by Crippen LogP contribution is -2.28. The van der Waals surface area contributed by atoms with Crippen molar-refractivity contribution < 1.29 is 4.42 Å². The van der Waals surface area contributed by atoms with Crippen molar-refractivity contribution in [3.8, 4) is 16.8 Å². The summed E-state index contributed by atoms with van der Waals surface area (Å²) in [5, 5.41) is 6.94. The number of pyridine rings is 1.